The molecule has 98 valence electrons. The maximum Gasteiger partial charge on any atom is 0.694 e. The van der Waals surface area contributed by atoms with Crippen molar-refractivity contribution >= 4 is 8.80 Å². The molecule has 0 aromatic rings. The SMILES string of the molecule is CC(C)=CO[Si](C)(OC=C(C)C)OC=C(C)C. The van der Waals surface area contributed by atoms with Crippen LogP contribution in [0, 0.1) is 0 Å². The zero-order valence-corrected chi connectivity index (χ0v) is 13.0. The summed E-state index contributed by atoms with van der Waals surface area (Å²) in [7, 11) is -2.67. The van der Waals surface area contributed by atoms with E-state index in [2.05, 4.69) is 0 Å². The molecule has 0 aliphatic heterocycles. The van der Waals surface area contributed by atoms with Crippen molar-refractivity contribution in [2.24, 2.45) is 0 Å². The number of hydrogen-bond acceptors (Lipinski definition) is 3. The van der Waals surface area contributed by atoms with E-state index >= 15 is 0 Å². The Morgan fingerprint density at radius 3 is 1.06 bits per heavy atom. The lowest BCUT2D eigenvalue weighted by molar-refractivity contribution is 0.186. The summed E-state index contributed by atoms with van der Waals surface area (Å²) in [5.74, 6) is 0. The fraction of sp³-hybridized carbons (Fsp3) is 0.538. The van der Waals surface area contributed by atoms with Crippen LogP contribution in [0.5, 0.6) is 0 Å². The van der Waals surface area contributed by atoms with E-state index in [1.165, 1.54) is 0 Å². The molecular formula is C13H24O3Si. The predicted molar refractivity (Wildman–Crippen MR) is 73.2 cm³/mol. The quantitative estimate of drug-likeness (QED) is 0.521. The molecule has 3 nitrogen and oxygen atoms in total. The second-order valence-corrected chi connectivity index (χ2v) is 7.23. The third-order valence-electron chi connectivity index (χ3n) is 1.53. The minimum atomic E-state index is -2.67. The standard InChI is InChI=1S/C13H24O3Si/c1-11(2)8-14-17(7,15-9-12(3)4)16-10-13(5)6/h8-10H,1-7H3. The van der Waals surface area contributed by atoms with Crippen molar-refractivity contribution in [1.82, 2.24) is 0 Å². The summed E-state index contributed by atoms with van der Waals surface area (Å²) in [5.41, 5.74) is 3.22. The van der Waals surface area contributed by atoms with Gasteiger partial charge in [0.2, 0.25) is 0 Å². The van der Waals surface area contributed by atoms with Crippen LogP contribution in [-0.4, -0.2) is 8.80 Å². The molecule has 0 bridgehead atoms. The van der Waals surface area contributed by atoms with E-state index in [9.17, 15) is 0 Å². The third-order valence-corrected chi connectivity index (χ3v) is 3.16. The molecule has 0 aromatic carbocycles. The highest BCUT2D eigenvalue weighted by Gasteiger charge is 2.39. The van der Waals surface area contributed by atoms with Gasteiger partial charge < -0.3 is 13.3 Å². The zero-order chi connectivity index (χ0) is 13.5. The van der Waals surface area contributed by atoms with E-state index in [4.69, 9.17) is 13.3 Å². The Morgan fingerprint density at radius 2 is 0.882 bits per heavy atom. The summed E-state index contributed by atoms with van der Waals surface area (Å²) in [6.45, 7) is 13.7. The largest absolute Gasteiger partial charge is 0.694 e. The Labute approximate surface area is 106 Å². The van der Waals surface area contributed by atoms with Crippen molar-refractivity contribution in [3.63, 3.8) is 0 Å². The fourth-order valence-electron chi connectivity index (χ4n) is 0.758. The van der Waals surface area contributed by atoms with Crippen LogP contribution in [0.25, 0.3) is 0 Å². The van der Waals surface area contributed by atoms with Gasteiger partial charge in [0.15, 0.2) is 0 Å². The molecule has 0 saturated heterocycles. The van der Waals surface area contributed by atoms with Gasteiger partial charge >= 0.3 is 8.80 Å². The molecule has 0 fully saturated rings. The molecule has 0 aromatic heterocycles. The molecule has 0 atom stereocenters. The minimum Gasteiger partial charge on any atom is -0.490 e. The molecule has 0 heterocycles. The summed E-state index contributed by atoms with van der Waals surface area (Å²) in [6.07, 6.45) is 5.05. The highest BCUT2D eigenvalue weighted by Crippen LogP contribution is 2.14. The van der Waals surface area contributed by atoms with Crippen molar-refractivity contribution in [3.8, 4) is 0 Å². The van der Waals surface area contributed by atoms with Crippen LogP contribution >= 0.6 is 0 Å². The summed E-state index contributed by atoms with van der Waals surface area (Å²) in [6, 6.07) is 0. The van der Waals surface area contributed by atoms with Crippen LogP contribution in [0.4, 0.5) is 0 Å². The lowest BCUT2D eigenvalue weighted by Crippen LogP contribution is -2.38. The average molecular weight is 256 g/mol. The number of allylic oxidation sites excluding steroid dienone is 3. The van der Waals surface area contributed by atoms with Gasteiger partial charge in [-0.3, -0.25) is 0 Å². The maximum atomic E-state index is 5.64. The number of rotatable bonds is 6. The Kier molecular flexibility index (Phi) is 6.73. The van der Waals surface area contributed by atoms with Gasteiger partial charge in [0.25, 0.3) is 0 Å². The zero-order valence-electron chi connectivity index (χ0n) is 12.0. The lowest BCUT2D eigenvalue weighted by atomic mass is 10.4. The van der Waals surface area contributed by atoms with Gasteiger partial charge in [0, 0.05) is 6.55 Å². The van der Waals surface area contributed by atoms with Crippen molar-refractivity contribution in [2.45, 2.75) is 48.1 Å². The Balaban J connectivity index is 4.73. The van der Waals surface area contributed by atoms with Crippen LogP contribution in [0.1, 0.15) is 41.5 Å². The average Bonchev–Trinajstić information content (AvgIpc) is 2.21. The smallest absolute Gasteiger partial charge is 0.490 e. The van der Waals surface area contributed by atoms with Gasteiger partial charge in [-0.25, -0.2) is 0 Å². The first-order chi connectivity index (χ1) is 7.75. The molecule has 0 radical (unpaired) electrons. The van der Waals surface area contributed by atoms with E-state index in [0.29, 0.717) is 0 Å². The summed E-state index contributed by atoms with van der Waals surface area (Å²) >= 11 is 0. The Hall–Kier alpha value is -1.16. The first-order valence-electron chi connectivity index (χ1n) is 5.69. The third kappa shape index (κ3) is 8.62. The van der Waals surface area contributed by atoms with Crippen molar-refractivity contribution in [1.29, 1.82) is 0 Å². The Bertz CT molecular complexity index is 267. The predicted octanol–water partition coefficient (Wildman–Crippen LogP) is 4.38. The second-order valence-electron chi connectivity index (χ2n) is 4.80. The summed E-state index contributed by atoms with van der Waals surface area (Å²) in [5, 5.41) is 0. The van der Waals surface area contributed by atoms with Crippen LogP contribution in [0.2, 0.25) is 6.55 Å². The van der Waals surface area contributed by atoms with E-state index in [1.807, 2.05) is 48.1 Å². The van der Waals surface area contributed by atoms with Crippen LogP contribution < -0.4 is 0 Å². The van der Waals surface area contributed by atoms with Gasteiger partial charge in [-0.05, 0) is 58.3 Å². The van der Waals surface area contributed by atoms with Crippen LogP contribution in [-0.2, 0) is 13.3 Å². The lowest BCUT2D eigenvalue weighted by Gasteiger charge is -2.22. The highest BCUT2D eigenvalue weighted by molar-refractivity contribution is 6.59. The van der Waals surface area contributed by atoms with Crippen LogP contribution in [0.15, 0.2) is 35.5 Å². The second kappa shape index (κ2) is 7.22. The van der Waals surface area contributed by atoms with Crippen molar-refractivity contribution < 1.29 is 13.3 Å². The molecule has 0 aliphatic carbocycles. The maximum absolute atomic E-state index is 5.64. The van der Waals surface area contributed by atoms with Gasteiger partial charge in [-0.1, -0.05) is 0 Å². The monoisotopic (exact) mass is 256 g/mol. The fourth-order valence-corrected chi connectivity index (χ4v) is 2.27. The molecule has 0 rings (SSSR count). The van der Waals surface area contributed by atoms with Crippen molar-refractivity contribution in [3.05, 3.63) is 35.5 Å². The topological polar surface area (TPSA) is 27.7 Å². The molecule has 17 heavy (non-hydrogen) atoms. The Morgan fingerprint density at radius 1 is 0.647 bits per heavy atom. The minimum absolute atomic E-state index is 1.07. The molecule has 0 aliphatic rings. The molecule has 0 unspecified atom stereocenters. The summed E-state index contributed by atoms with van der Waals surface area (Å²) in [4.78, 5) is 0. The van der Waals surface area contributed by atoms with E-state index < -0.39 is 8.80 Å². The highest BCUT2D eigenvalue weighted by atomic mass is 28.4. The molecule has 4 heteroatoms. The normalized spacial score (nSPS) is 10.1. The van der Waals surface area contributed by atoms with E-state index in [0.717, 1.165) is 16.7 Å². The summed E-state index contributed by atoms with van der Waals surface area (Å²) < 4.78 is 16.9. The first-order valence-corrected chi connectivity index (χ1v) is 7.91. The van der Waals surface area contributed by atoms with E-state index in [1.54, 1.807) is 18.8 Å². The van der Waals surface area contributed by atoms with Gasteiger partial charge in [-0.15, -0.1) is 0 Å². The molecular weight excluding hydrogens is 232 g/mol. The van der Waals surface area contributed by atoms with E-state index in [-0.39, 0.29) is 0 Å². The van der Waals surface area contributed by atoms with Gasteiger partial charge in [-0.2, -0.15) is 0 Å². The first kappa shape index (κ1) is 15.8. The number of hydrogen-bond donors (Lipinski definition) is 0. The van der Waals surface area contributed by atoms with Gasteiger partial charge in [0.1, 0.15) is 0 Å². The molecule has 0 N–H and O–H groups in total. The van der Waals surface area contributed by atoms with Crippen molar-refractivity contribution in [2.75, 3.05) is 0 Å². The molecule has 0 spiro atoms. The van der Waals surface area contributed by atoms with Gasteiger partial charge in [0.05, 0.1) is 18.8 Å². The molecule has 0 saturated carbocycles. The molecule has 0 amide bonds. The van der Waals surface area contributed by atoms with Crippen LogP contribution in [0.3, 0.4) is 0 Å².